The highest BCUT2D eigenvalue weighted by Gasteiger charge is 2.02. The predicted molar refractivity (Wildman–Crippen MR) is 60.9 cm³/mol. The van der Waals surface area contributed by atoms with Crippen LogP contribution in [0.5, 0.6) is 0 Å². The molecule has 1 heterocycles. The lowest BCUT2D eigenvalue weighted by Gasteiger charge is -2.14. The first-order valence-electron chi connectivity index (χ1n) is 5.28. The molecule has 3 heteroatoms. The molecular weight excluding hydrogens is 188 g/mol. The average Bonchev–Trinajstić information content (AvgIpc) is 2.18. The molecule has 1 aromatic heterocycles. The fourth-order valence-electron chi connectivity index (χ4n) is 1.50. The van der Waals surface area contributed by atoms with Crippen molar-refractivity contribution in [1.82, 2.24) is 9.88 Å². The maximum Gasteiger partial charge on any atom is 0.178 e. The van der Waals surface area contributed by atoms with Gasteiger partial charge in [0, 0.05) is 19.7 Å². The van der Waals surface area contributed by atoms with Crippen molar-refractivity contribution in [2.24, 2.45) is 0 Å². The maximum absolute atomic E-state index is 11.0. The largest absolute Gasteiger partial charge is 0.302 e. The third-order valence-electron chi connectivity index (χ3n) is 2.24. The topological polar surface area (TPSA) is 33.2 Å². The number of aromatic nitrogens is 1. The first-order valence-corrected chi connectivity index (χ1v) is 5.28. The lowest BCUT2D eigenvalue weighted by molar-refractivity contribution is 0.101. The summed E-state index contributed by atoms with van der Waals surface area (Å²) in [6, 6.07) is 3.76. The van der Waals surface area contributed by atoms with Gasteiger partial charge in [-0.2, -0.15) is 0 Å². The van der Waals surface area contributed by atoms with E-state index in [9.17, 15) is 4.79 Å². The smallest absolute Gasteiger partial charge is 0.178 e. The maximum atomic E-state index is 11.0. The molecule has 1 aromatic rings. The van der Waals surface area contributed by atoms with Crippen molar-refractivity contribution in [2.45, 2.75) is 26.8 Å². The van der Waals surface area contributed by atoms with E-state index in [0.717, 1.165) is 25.1 Å². The number of carbonyl (C=O) groups excluding carboxylic acids is 1. The number of hydrogen-bond acceptors (Lipinski definition) is 3. The fourth-order valence-corrected chi connectivity index (χ4v) is 1.50. The van der Waals surface area contributed by atoms with Crippen molar-refractivity contribution in [3.05, 3.63) is 29.6 Å². The normalized spacial score (nSPS) is 10.7. The van der Waals surface area contributed by atoms with Gasteiger partial charge in [0.1, 0.15) is 5.69 Å². The molecule has 3 nitrogen and oxygen atoms in total. The fraction of sp³-hybridized carbons (Fsp3) is 0.500. The van der Waals surface area contributed by atoms with Crippen molar-refractivity contribution in [3.8, 4) is 0 Å². The van der Waals surface area contributed by atoms with Gasteiger partial charge in [0.05, 0.1) is 0 Å². The standard InChI is InChI=1S/C12H18N2O/c1-4-7-14(3)9-11-5-6-12(10(2)15)13-8-11/h5-6,8H,4,7,9H2,1-3H3. The number of Topliss-reactive ketones (excluding diaryl/α,β-unsaturated/α-hetero) is 1. The second kappa shape index (κ2) is 5.61. The highest BCUT2D eigenvalue weighted by Crippen LogP contribution is 2.04. The molecule has 0 N–H and O–H groups in total. The van der Waals surface area contributed by atoms with Crippen molar-refractivity contribution < 1.29 is 4.79 Å². The monoisotopic (exact) mass is 206 g/mol. The van der Waals surface area contributed by atoms with Gasteiger partial charge < -0.3 is 4.90 Å². The van der Waals surface area contributed by atoms with E-state index >= 15 is 0 Å². The third-order valence-corrected chi connectivity index (χ3v) is 2.24. The van der Waals surface area contributed by atoms with E-state index in [0.29, 0.717) is 5.69 Å². The number of carbonyl (C=O) groups is 1. The molecule has 0 aliphatic carbocycles. The molecule has 0 atom stereocenters. The molecular formula is C12H18N2O. The summed E-state index contributed by atoms with van der Waals surface area (Å²) in [6.07, 6.45) is 2.93. The Bertz CT molecular complexity index is 319. The van der Waals surface area contributed by atoms with Gasteiger partial charge in [0.2, 0.25) is 0 Å². The molecule has 0 saturated heterocycles. The van der Waals surface area contributed by atoms with E-state index < -0.39 is 0 Å². The van der Waals surface area contributed by atoms with Gasteiger partial charge >= 0.3 is 0 Å². The molecule has 82 valence electrons. The summed E-state index contributed by atoms with van der Waals surface area (Å²) in [7, 11) is 2.09. The summed E-state index contributed by atoms with van der Waals surface area (Å²) >= 11 is 0. The second-order valence-corrected chi connectivity index (χ2v) is 3.85. The number of ketones is 1. The van der Waals surface area contributed by atoms with Crippen molar-refractivity contribution in [3.63, 3.8) is 0 Å². The minimum atomic E-state index is 0.0171. The lowest BCUT2D eigenvalue weighted by Crippen LogP contribution is -2.18. The average molecular weight is 206 g/mol. The zero-order chi connectivity index (χ0) is 11.3. The molecule has 0 saturated carbocycles. The Hall–Kier alpha value is -1.22. The lowest BCUT2D eigenvalue weighted by atomic mass is 10.2. The number of nitrogens with zero attached hydrogens (tertiary/aromatic N) is 2. The summed E-state index contributed by atoms with van der Waals surface area (Å²) in [5.74, 6) is 0.0171. The zero-order valence-electron chi connectivity index (χ0n) is 9.66. The molecule has 0 unspecified atom stereocenters. The molecule has 15 heavy (non-hydrogen) atoms. The summed E-state index contributed by atoms with van der Waals surface area (Å²) in [5, 5.41) is 0. The van der Waals surface area contributed by atoms with Gasteiger partial charge in [-0.15, -0.1) is 0 Å². The Morgan fingerprint density at radius 3 is 2.67 bits per heavy atom. The van der Waals surface area contributed by atoms with Crippen molar-refractivity contribution in [1.29, 1.82) is 0 Å². The van der Waals surface area contributed by atoms with Crippen LogP contribution in [-0.4, -0.2) is 29.3 Å². The Balaban J connectivity index is 2.60. The molecule has 0 aliphatic rings. The van der Waals surface area contributed by atoms with Crippen LogP contribution < -0.4 is 0 Å². The van der Waals surface area contributed by atoms with E-state index in [-0.39, 0.29) is 5.78 Å². The van der Waals surface area contributed by atoms with E-state index in [2.05, 4.69) is 23.9 Å². The first-order chi connectivity index (χ1) is 7.13. The van der Waals surface area contributed by atoms with Crippen LogP contribution in [0.15, 0.2) is 18.3 Å². The number of pyridine rings is 1. The molecule has 0 spiro atoms. The second-order valence-electron chi connectivity index (χ2n) is 3.85. The van der Waals surface area contributed by atoms with Crippen molar-refractivity contribution in [2.75, 3.05) is 13.6 Å². The highest BCUT2D eigenvalue weighted by molar-refractivity contribution is 5.91. The molecule has 0 bridgehead atoms. The van der Waals surface area contributed by atoms with Crippen LogP contribution >= 0.6 is 0 Å². The minimum absolute atomic E-state index is 0.0171. The van der Waals surface area contributed by atoms with E-state index in [1.54, 1.807) is 12.3 Å². The first kappa shape index (κ1) is 11.9. The molecule has 0 aromatic carbocycles. The highest BCUT2D eigenvalue weighted by atomic mass is 16.1. The quantitative estimate of drug-likeness (QED) is 0.692. The Labute approximate surface area is 91.1 Å². The van der Waals surface area contributed by atoms with Crippen LogP contribution in [0.25, 0.3) is 0 Å². The molecule has 0 amide bonds. The van der Waals surface area contributed by atoms with Crippen LogP contribution in [0.4, 0.5) is 0 Å². The van der Waals surface area contributed by atoms with Crippen LogP contribution in [0.3, 0.4) is 0 Å². The van der Waals surface area contributed by atoms with Gasteiger partial charge in [-0.25, -0.2) is 0 Å². The molecule has 0 fully saturated rings. The van der Waals surface area contributed by atoms with Gasteiger partial charge in [-0.3, -0.25) is 9.78 Å². The van der Waals surface area contributed by atoms with Gasteiger partial charge in [-0.1, -0.05) is 13.0 Å². The van der Waals surface area contributed by atoms with Crippen LogP contribution in [0, 0.1) is 0 Å². The third kappa shape index (κ3) is 3.80. The Kier molecular flexibility index (Phi) is 4.43. The van der Waals surface area contributed by atoms with Gasteiger partial charge in [0.25, 0.3) is 0 Å². The predicted octanol–water partition coefficient (Wildman–Crippen LogP) is 2.13. The summed E-state index contributed by atoms with van der Waals surface area (Å²) < 4.78 is 0. The number of hydrogen-bond donors (Lipinski definition) is 0. The van der Waals surface area contributed by atoms with E-state index in [4.69, 9.17) is 0 Å². The summed E-state index contributed by atoms with van der Waals surface area (Å²) in [4.78, 5) is 17.4. The zero-order valence-corrected chi connectivity index (χ0v) is 9.66. The van der Waals surface area contributed by atoms with Gasteiger partial charge in [0.15, 0.2) is 5.78 Å². The summed E-state index contributed by atoms with van der Waals surface area (Å²) in [5.41, 5.74) is 1.69. The Morgan fingerprint density at radius 1 is 1.47 bits per heavy atom. The van der Waals surface area contributed by atoms with E-state index in [1.165, 1.54) is 6.92 Å². The summed E-state index contributed by atoms with van der Waals surface area (Å²) in [6.45, 7) is 5.66. The van der Waals surface area contributed by atoms with Gasteiger partial charge in [-0.05, 0) is 31.6 Å². The molecule has 0 aliphatic heterocycles. The Morgan fingerprint density at radius 2 is 2.20 bits per heavy atom. The SMILES string of the molecule is CCCN(C)Cc1ccc(C(C)=O)nc1. The molecule has 1 rings (SSSR count). The van der Waals surface area contributed by atoms with Crippen LogP contribution in [0.1, 0.15) is 36.3 Å². The minimum Gasteiger partial charge on any atom is -0.302 e. The molecule has 0 radical (unpaired) electrons. The van der Waals surface area contributed by atoms with Crippen LogP contribution in [0.2, 0.25) is 0 Å². The van der Waals surface area contributed by atoms with Crippen LogP contribution in [-0.2, 0) is 6.54 Å². The number of rotatable bonds is 5. The van der Waals surface area contributed by atoms with Crippen molar-refractivity contribution >= 4 is 5.78 Å². The van der Waals surface area contributed by atoms with E-state index in [1.807, 2.05) is 6.07 Å².